The van der Waals surface area contributed by atoms with Gasteiger partial charge >= 0.3 is 6.03 Å². The lowest BCUT2D eigenvalue weighted by Crippen LogP contribution is -2.30. The van der Waals surface area contributed by atoms with Crippen LogP contribution in [0.3, 0.4) is 0 Å². The van der Waals surface area contributed by atoms with Crippen LogP contribution in [0.2, 0.25) is 0 Å². The third-order valence-corrected chi connectivity index (χ3v) is 5.91. The van der Waals surface area contributed by atoms with E-state index in [9.17, 15) is 14.4 Å². The Balaban J connectivity index is 1.49. The molecule has 0 spiro atoms. The van der Waals surface area contributed by atoms with Crippen molar-refractivity contribution in [3.05, 3.63) is 94.1 Å². The lowest BCUT2D eigenvalue weighted by Gasteiger charge is -2.14. The molecule has 4 rings (SSSR count). The highest BCUT2D eigenvalue weighted by molar-refractivity contribution is 9.10. The first-order chi connectivity index (χ1) is 17.4. The molecule has 0 bridgehead atoms. The minimum Gasteiger partial charge on any atom is -0.490 e. The number of ether oxygens (including phenoxy) is 2. The third kappa shape index (κ3) is 6.11. The van der Waals surface area contributed by atoms with E-state index in [1.807, 2.05) is 55.5 Å². The van der Waals surface area contributed by atoms with Crippen LogP contribution in [0.15, 0.2) is 83.0 Å². The van der Waals surface area contributed by atoms with Gasteiger partial charge in [-0.15, -0.1) is 0 Å². The average molecular weight is 550 g/mol. The molecule has 4 amide bonds. The van der Waals surface area contributed by atoms with Crippen molar-refractivity contribution in [3.8, 4) is 11.5 Å². The van der Waals surface area contributed by atoms with Gasteiger partial charge in [-0.2, -0.15) is 0 Å². The Kier molecular flexibility index (Phi) is 8.02. The standard InChI is InChI=1S/C27H24BrN3O5/c1-2-35-23-14-19(13-22-26(33)31(27(34)30-22)16-18-9-5-3-6-10-18)21(28)15-24(23)36-17-25(32)29-20-11-7-4-8-12-20/h3-15H,2,16-17H2,1H3,(H,29,32)(H,30,34)/b22-13+. The van der Waals surface area contributed by atoms with Crippen molar-refractivity contribution < 1.29 is 23.9 Å². The van der Waals surface area contributed by atoms with Gasteiger partial charge < -0.3 is 20.1 Å². The highest BCUT2D eigenvalue weighted by atomic mass is 79.9. The van der Waals surface area contributed by atoms with E-state index < -0.39 is 11.9 Å². The molecular formula is C27H24BrN3O5. The lowest BCUT2D eigenvalue weighted by atomic mass is 10.1. The quantitative estimate of drug-likeness (QED) is 0.290. The number of benzene rings is 3. The Morgan fingerprint density at radius 2 is 1.67 bits per heavy atom. The van der Waals surface area contributed by atoms with Gasteiger partial charge in [-0.25, -0.2) is 4.79 Å². The van der Waals surface area contributed by atoms with Crippen molar-refractivity contribution in [2.75, 3.05) is 18.5 Å². The largest absolute Gasteiger partial charge is 0.490 e. The predicted molar refractivity (Wildman–Crippen MR) is 139 cm³/mol. The van der Waals surface area contributed by atoms with E-state index in [2.05, 4.69) is 26.6 Å². The van der Waals surface area contributed by atoms with Crippen LogP contribution in [-0.4, -0.2) is 36.0 Å². The molecule has 0 radical (unpaired) electrons. The van der Waals surface area contributed by atoms with Gasteiger partial charge in [-0.1, -0.05) is 64.5 Å². The Morgan fingerprint density at radius 1 is 1.00 bits per heavy atom. The number of carbonyl (C=O) groups excluding carboxylic acids is 3. The zero-order chi connectivity index (χ0) is 25.5. The number of amides is 4. The van der Waals surface area contributed by atoms with E-state index in [4.69, 9.17) is 9.47 Å². The molecule has 9 heteroatoms. The van der Waals surface area contributed by atoms with E-state index >= 15 is 0 Å². The molecule has 8 nitrogen and oxygen atoms in total. The minimum atomic E-state index is -0.486. The first-order valence-corrected chi connectivity index (χ1v) is 12.1. The molecule has 1 aliphatic heterocycles. The fraction of sp³-hybridized carbons (Fsp3) is 0.148. The Morgan fingerprint density at radius 3 is 2.36 bits per heavy atom. The first-order valence-electron chi connectivity index (χ1n) is 11.3. The summed E-state index contributed by atoms with van der Waals surface area (Å²) in [7, 11) is 0. The van der Waals surface area contributed by atoms with Gasteiger partial charge in [-0.05, 0) is 48.4 Å². The van der Waals surface area contributed by atoms with Crippen LogP contribution >= 0.6 is 15.9 Å². The maximum atomic E-state index is 12.9. The molecule has 1 heterocycles. The smallest absolute Gasteiger partial charge is 0.329 e. The highest BCUT2D eigenvalue weighted by Gasteiger charge is 2.33. The molecule has 3 aromatic carbocycles. The molecule has 2 N–H and O–H groups in total. The van der Waals surface area contributed by atoms with Crippen LogP contribution in [0.25, 0.3) is 6.08 Å². The summed E-state index contributed by atoms with van der Waals surface area (Å²) >= 11 is 3.49. The summed E-state index contributed by atoms with van der Waals surface area (Å²) in [4.78, 5) is 38.8. The van der Waals surface area contributed by atoms with Crippen molar-refractivity contribution in [2.24, 2.45) is 0 Å². The molecule has 0 saturated carbocycles. The summed E-state index contributed by atoms with van der Waals surface area (Å²) in [5.74, 6) is 0.0231. The summed E-state index contributed by atoms with van der Waals surface area (Å²) in [6.07, 6.45) is 1.57. The number of urea groups is 1. The lowest BCUT2D eigenvalue weighted by molar-refractivity contribution is -0.123. The van der Waals surface area contributed by atoms with Crippen molar-refractivity contribution in [1.82, 2.24) is 10.2 Å². The molecular weight excluding hydrogens is 526 g/mol. The summed E-state index contributed by atoms with van der Waals surface area (Å²) in [6.45, 7) is 2.15. The normalized spacial score (nSPS) is 14.1. The van der Waals surface area contributed by atoms with Crippen LogP contribution < -0.4 is 20.1 Å². The zero-order valence-corrected chi connectivity index (χ0v) is 21.1. The van der Waals surface area contributed by atoms with Crippen LogP contribution in [-0.2, 0) is 16.1 Å². The monoisotopic (exact) mass is 549 g/mol. The molecule has 1 fully saturated rings. The zero-order valence-electron chi connectivity index (χ0n) is 19.5. The molecule has 0 unspecified atom stereocenters. The third-order valence-electron chi connectivity index (χ3n) is 5.22. The summed E-state index contributed by atoms with van der Waals surface area (Å²) < 4.78 is 12.0. The molecule has 184 valence electrons. The Hall–Kier alpha value is -4.11. The molecule has 3 aromatic rings. The number of nitrogens with zero attached hydrogens (tertiary/aromatic N) is 1. The topological polar surface area (TPSA) is 97.0 Å². The van der Waals surface area contributed by atoms with Gasteiger partial charge in [0.2, 0.25) is 0 Å². The summed E-state index contributed by atoms with van der Waals surface area (Å²) in [6, 6.07) is 21.2. The number of imide groups is 1. The number of nitrogens with one attached hydrogen (secondary N) is 2. The van der Waals surface area contributed by atoms with Gasteiger partial charge in [-0.3, -0.25) is 14.5 Å². The van der Waals surface area contributed by atoms with Gasteiger partial charge in [0.15, 0.2) is 18.1 Å². The van der Waals surface area contributed by atoms with Crippen molar-refractivity contribution in [2.45, 2.75) is 13.5 Å². The van der Waals surface area contributed by atoms with Crippen molar-refractivity contribution >= 4 is 45.5 Å². The molecule has 1 aliphatic rings. The van der Waals surface area contributed by atoms with Crippen LogP contribution in [0.1, 0.15) is 18.1 Å². The maximum Gasteiger partial charge on any atom is 0.329 e. The van der Waals surface area contributed by atoms with Crippen LogP contribution in [0.5, 0.6) is 11.5 Å². The SMILES string of the molecule is CCOc1cc(/C=C2/NC(=O)N(Cc3ccccc3)C2=O)c(Br)cc1OCC(=O)Nc1ccccc1. The Labute approximate surface area is 217 Å². The van der Waals surface area contributed by atoms with Crippen LogP contribution in [0, 0.1) is 0 Å². The number of halogens is 1. The van der Waals surface area contributed by atoms with Crippen molar-refractivity contribution in [1.29, 1.82) is 0 Å². The van der Waals surface area contributed by atoms with E-state index in [1.165, 1.54) is 0 Å². The molecule has 0 atom stereocenters. The fourth-order valence-corrected chi connectivity index (χ4v) is 3.98. The van der Waals surface area contributed by atoms with E-state index in [0.717, 1.165) is 10.5 Å². The van der Waals surface area contributed by atoms with Gasteiger partial charge in [0.05, 0.1) is 13.2 Å². The molecule has 1 saturated heterocycles. The van der Waals surface area contributed by atoms with Crippen LogP contribution in [0.4, 0.5) is 10.5 Å². The Bertz CT molecular complexity index is 1300. The second-order valence-corrected chi connectivity index (χ2v) is 8.68. The van der Waals surface area contributed by atoms with Crippen molar-refractivity contribution in [3.63, 3.8) is 0 Å². The second kappa shape index (κ2) is 11.5. The summed E-state index contributed by atoms with van der Waals surface area (Å²) in [5.41, 5.74) is 2.27. The predicted octanol–water partition coefficient (Wildman–Crippen LogP) is 4.96. The molecule has 0 aliphatic carbocycles. The molecule has 36 heavy (non-hydrogen) atoms. The number of hydrogen-bond acceptors (Lipinski definition) is 5. The number of hydrogen-bond donors (Lipinski definition) is 2. The van der Waals surface area contributed by atoms with E-state index in [1.54, 1.807) is 30.3 Å². The van der Waals surface area contributed by atoms with Gasteiger partial charge in [0.1, 0.15) is 5.70 Å². The van der Waals surface area contributed by atoms with Gasteiger partial charge in [0.25, 0.3) is 11.8 Å². The van der Waals surface area contributed by atoms with E-state index in [-0.39, 0.29) is 24.8 Å². The highest BCUT2D eigenvalue weighted by Crippen LogP contribution is 2.35. The maximum absolute atomic E-state index is 12.9. The molecule has 0 aromatic heterocycles. The minimum absolute atomic E-state index is 0.148. The van der Waals surface area contributed by atoms with Gasteiger partial charge in [0, 0.05) is 10.2 Å². The first kappa shape index (κ1) is 25.0. The number of anilines is 1. The number of carbonyl (C=O) groups is 3. The fourth-order valence-electron chi connectivity index (χ4n) is 3.54. The summed E-state index contributed by atoms with van der Waals surface area (Å²) in [5, 5.41) is 5.39. The number of para-hydroxylation sites is 1. The average Bonchev–Trinajstić information content (AvgIpc) is 3.13. The van der Waals surface area contributed by atoms with E-state index in [0.29, 0.717) is 33.8 Å². The number of rotatable bonds is 9. The second-order valence-electron chi connectivity index (χ2n) is 7.82.